The van der Waals surface area contributed by atoms with Gasteiger partial charge in [0.25, 0.3) is 0 Å². The van der Waals surface area contributed by atoms with Crippen molar-refractivity contribution in [3.8, 4) is 0 Å². The van der Waals surface area contributed by atoms with E-state index in [0.717, 1.165) is 77.0 Å². The Bertz CT molecular complexity index is 1190. The van der Waals surface area contributed by atoms with Crippen LogP contribution in [0.2, 0.25) is 0 Å². The molecule has 0 saturated heterocycles. The topological polar surface area (TPSA) is 46.5 Å². The summed E-state index contributed by atoms with van der Waals surface area (Å²) < 4.78 is 61.3. The van der Waals surface area contributed by atoms with E-state index in [1.165, 1.54) is 64.2 Å². The number of allylic oxidation sites excluding steroid dienone is 2. The Morgan fingerprint density at radius 1 is 0.812 bits per heavy atom. The Morgan fingerprint density at radius 2 is 1.46 bits per heavy atom. The quantitative estimate of drug-likeness (QED) is 0.0748. The molecule has 0 aliphatic heterocycles. The van der Waals surface area contributed by atoms with Gasteiger partial charge >= 0.3 is 5.97 Å². The highest BCUT2D eigenvalue weighted by Gasteiger charge is 2.62. The molecule has 0 heterocycles. The molecule has 3 heteroatoms. The molecular weight excluding hydrogens is 588 g/mol. The van der Waals surface area contributed by atoms with Crippen molar-refractivity contribution in [3.05, 3.63) is 12.2 Å². The first-order valence-corrected chi connectivity index (χ1v) is 20.9. The molecule has 4 aliphatic rings. The molecule has 0 radical (unpaired) electrons. The molecule has 0 aromatic rings. The molecule has 4 aliphatic carbocycles. The van der Waals surface area contributed by atoms with Gasteiger partial charge in [0.1, 0.15) is 6.10 Å². The molecule has 4 fully saturated rings. The minimum atomic E-state index is -2.86. The van der Waals surface area contributed by atoms with Crippen molar-refractivity contribution in [1.29, 1.82) is 0 Å². The number of unbranched alkanes of at least 4 members (excludes halogenated alkanes) is 11. The van der Waals surface area contributed by atoms with E-state index >= 15 is 0 Å². The molecule has 0 amide bonds. The number of hydrogen-bond acceptors (Lipinski definition) is 3. The number of hydrogen-bond donors (Lipinski definition) is 1. The molecule has 0 unspecified atom stereocenters. The molecule has 4 rings (SSSR count). The summed E-state index contributed by atoms with van der Waals surface area (Å²) in [5.74, 6) is -0.000957. The predicted octanol–water partition coefficient (Wildman–Crippen LogP) is 13.0. The summed E-state index contributed by atoms with van der Waals surface area (Å²) in [6.07, 6.45) is 29.8. The van der Waals surface area contributed by atoms with Gasteiger partial charge in [0.2, 0.25) is 0 Å². The number of aliphatic hydroxyl groups excluding tert-OH is 1. The summed E-state index contributed by atoms with van der Waals surface area (Å²) in [4.78, 5) is 12.9. The van der Waals surface area contributed by atoms with E-state index in [-0.39, 0.29) is 41.3 Å². The summed E-state index contributed by atoms with van der Waals surface area (Å²) >= 11 is 0. The zero-order valence-electron chi connectivity index (χ0n) is 38.7. The van der Waals surface area contributed by atoms with Crippen molar-refractivity contribution in [2.24, 2.45) is 52.2 Å². The van der Waals surface area contributed by atoms with E-state index in [1.807, 2.05) is 0 Å². The summed E-state index contributed by atoms with van der Waals surface area (Å²) in [5, 5.41) is 11.8. The highest BCUT2D eigenvalue weighted by Crippen LogP contribution is 2.68. The lowest BCUT2D eigenvalue weighted by Crippen LogP contribution is -2.58. The third kappa shape index (κ3) is 10.6. The lowest BCUT2D eigenvalue weighted by molar-refractivity contribution is -0.183. The maximum absolute atomic E-state index is 12.9. The normalized spacial score (nSPS) is 38.3. The fourth-order valence-electron chi connectivity index (χ4n) is 11.7. The molecule has 10 atom stereocenters. The van der Waals surface area contributed by atoms with Crippen LogP contribution in [0.5, 0.6) is 0 Å². The second-order valence-corrected chi connectivity index (χ2v) is 17.6. The molecule has 0 aromatic carbocycles. The van der Waals surface area contributed by atoms with Crippen LogP contribution in [0.15, 0.2) is 12.2 Å². The zero-order valence-corrected chi connectivity index (χ0v) is 31.7. The van der Waals surface area contributed by atoms with Crippen LogP contribution in [0.4, 0.5) is 0 Å². The van der Waals surface area contributed by atoms with Crippen LogP contribution in [0.3, 0.4) is 0 Å². The monoisotopic (exact) mass is 676 g/mol. The summed E-state index contributed by atoms with van der Waals surface area (Å²) in [5.41, 5.74) is 0.189. The van der Waals surface area contributed by atoms with Crippen LogP contribution < -0.4 is 0 Å². The van der Waals surface area contributed by atoms with E-state index < -0.39 is 19.6 Å². The van der Waals surface area contributed by atoms with Gasteiger partial charge in [-0.05, 0) is 136 Å². The van der Waals surface area contributed by atoms with Crippen molar-refractivity contribution in [1.82, 2.24) is 0 Å². The van der Waals surface area contributed by atoms with E-state index in [2.05, 4.69) is 39.8 Å². The predicted molar refractivity (Wildman–Crippen MR) is 204 cm³/mol. The van der Waals surface area contributed by atoms with Crippen molar-refractivity contribution in [3.63, 3.8) is 0 Å². The first-order valence-electron chi connectivity index (χ1n) is 24.4. The van der Waals surface area contributed by atoms with E-state index in [0.29, 0.717) is 42.4 Å². The maximum Gasteiger partial charge on any atom is 0.306 e. The SMILES string of the molecule is [2H]C([2H])([2H])C([2H])(CCC[C@@H](C)[C@H]1CC[C@H]2[C@@H]3C[C@H](O)[C@H]4C[C@@H](OC(=O)CCCCCCC/C=C/CCCCCCCC)CC[C@]4(C)[C@H]3CC[C@]12C)C([2H])([2H])[2H]. The van der Waals surface area contributed by atoms with Gasteiger partial charge in [0, 0.05) is 16.0 Å². The highest BCUT2D eigenvalue weighted by atomic mass is 16.5. The smallest absolute Gasteiger partial charge is 0.306 e. The summed E-state index contributed by atoms with van der Waals surface area (Å²) in [7, 11) is 0. The van der Waals surface area contributed by atoms with Crippen LogP contribution in [0.1, 0.15) is 212 Å². The lowest BCUT2D eigenvalue weighted by Gasteiger charge is -2.62. The Hall–Kier alpha value is -0.830. The molecule has 0 aromatic heterocycles. The van der Waals surface area contributed by atoms with Gasteiger partial charge in [-0.25, -0.2) is 0 Å². The van der Waals surface area contributed by atoms with Crippen molar-refractivity contribution >= 4 is 5.97 Å². The average Bonchev–Trinajstić information content (AvgIpc) is 3.47. The largest absolute Gasteiger partial charge is 0.462 e. The fourth-order valence-corrected chi connectivity index (χ4v) is 11.7. The van der Waals surface area contributed by atoms with Crippen molar-refractivity contribution in [2.75, 3.05) is 0 Å². The van der Waals surface area contributed by atoms with Gasteiger partial charge < -0.3 is 9.84 Å². The minimum Gasteiger partial charge on any atom is -0.462 e. The summed E-state index contributed by atoms with van der Waals surface area (Å²) in [6.45, 7) is 3.67. The number of ether oxygens (including phenoxy) is 1. The van der Waals surface area contributed by atoms with Crippen molar-refractivity contribution < 1.29 is 24.2 Å². The van der Waals surface area contributed by atoms with Crippen LogP contribution in [-0.4, -0.2) is 23.3 Å². The van der Waals surface area contributed by atoms with Gasteiger partial charge in [-0.3, -0.25) is 4.79 Å². The zero-order chi connectivity index (χ0) is 40.5. The Labute approximate surface area is 308 Å². The molecule has 1 N–H and O–H groups in total. The maximum atomic E-state index is 12.9. The average molecular weight is 676 g/mol. The van der Waals surface area contributed by atoms with Gasteiger partial charge in [-0.15, -0.1) is 0 Å². The summed E-state index contributed by atoms with van der Waals surface area (Å²) in [6, 6.07) is 0. The van der Waals surface area contributed by atoms with Crippen molar-refractivity contribution in [2.45, 2.75) is 214 Å². The van der Waals surface area contributed by atoms with Crippen LogP contribution in [0, 0.1) is 52.2 Å². The van der Waals surface area contributed by atoms with E-state index in [1.54, 1.807) is 0 Å². The van der Waals surface area contributed by atoms with Crippen LogP contribution >= 0.6 is 0 Å². The Kier molecular flexibility index (Phi) is 12.6. The molecular formula is C45H80O3. The van der Waals surface area contributed by atoms with Gasteiger partial charge in [0.05, 0.1) is 6.10 Å². The number of carbonyl (C=O) groups is 1. The molecule has 4 saturated carbocycles. The van der Waals surface area contributed by atoms with Gasteiger partial charge in [0.15, 0.2) is 0 Å². The van der Waals surface area contributed by atoms with Crippen LogP contribution in [-0.2, 0) is 9.53 Å². The highest BCUT2D eigenvalue weighted by molar-refractivity contribution is 5.69. The minimum absolute atomic E-state index is 0.0434. The number of rotatable bonds is 21. The first-order chi connectivity index (χ1) is 25.9. The molecule has 278 valence electrons. The number of carbonyl (C=O) groups excluding carboxylic acids is 1. The van der Waals surface area contributed by atoms with E-state index in [4.69, 9.17) is 14.3 Å². The van der Waals surface area contributed by atoms with Gasteiger partial charge in [-0.1, -0.05) is 124 Å². The van der Waals surface area contributed by atoms with E-state index in [9.17, 15) is 9.90 Å². The Balaban J connectivity index is 1.17. The van der Waals surface area contributed by atoms with Crippen LogP contribution in [0.25, 0.3) is 0 Å². The molecule has 0 spiro atoms. The third-order valence-corrected chi connectivity index (χ3v) is 14.4. The second-order valence-electron chi connectivity index (χ2n) is 17.6. The Morgan fingerprint density at radius 3 is 2.17 bits per heavy atom. The third-order valence-electron chi connectivity index (χ3n) is 14.4. The first kappa shape index (κ1) is 30.8. The number of fused-ring (bicyclic) bond motifs is 5. The molecule has 0 bridgehead atoms. The number of aliphatic hydroxyl groups is 1. The number of esters is 1. The second kappa shape index (κ2) is 19.7. The fraction of sp³-hybridized carbons (Fsp3) is 0.933. The lowest BCUT2D eigenvalue weighted by atomic mass is 9.43. The van der Waals surface area contributed by atoms with Gasteiger partial charge in [-0.2, -0.15) is 0 Å². The molecule has 3 nitrogen and oxygen atoms in total. The molecule has 48 heavy (non-hydrogen) atoms. The standard InChI is InChI=1S/C45H80O3/c1-7-8-9-10-11-12-13-14-15-16-17-18-19-20-21-25-43(47)48-36-28-30-45(6)40-29-31-44(5)38(35(4)24-22-23-34(2)3)26-27-39(44)37(40)33-42(46)41(45)32-36/h14-15,34-42,46H,7-13,16-33H2,1-6H3/b15-14+/t35-,36+,37+,38-,39+,40+,41-,42+,44-,45-/m1/s1/i2D3,3D3,34D.